The summed E-state index contributed by atoms with van der Waals surface area (Å²) in [6.45, 7) is 7.19. The summed E-state index contributed by atoms with van der Waals surface area (Å²) in [6.07, 6.45) is 0.234. The van der Waals surface area contributed by atoms with Gasteiger partial charge in [0.25, 0.3) is 0 Å². The van der Waals surface area contributed by atoms with Crippen LogP contribution in [0, 0.1) is 17.0 Å². The number of benzene rings is 1. The lowest BCUT2D eigenvalue weighted by Gasteiger charge is -2.38. The number of halogens is 2. The standard InChI is InChI=1S/C21H23F2NO4/c1-10(2)27-20(26)18-16(11-5-6-12(22)13(23)7-11)17-14(25)8-21(3,4)9-15(17)28-19(18)24/h5-7,10,16H,8-9,24H2,1-4H3/t16-/m0/s1. The summed E-state index contributed by atoms with van der Waals surface area (Å²) in [7, 11) is 0. The van der Waals surface area contributed by atoms with E-state index in [0.29, 0.717) is 12.2 Å². The molecule has 0 bridgehead atoms. The van der Waals surface area contributed by atoms with Crippen LogP contribution in [0.25, 0.3) is 0 Å². The van der Waals surface area contributed by atoms with Crippen molar-refractivity contribution in [3.63, 3.8) is 0 Å². The maximum absolute atomic E-state index is 13.9. The molecule has 1 aliphatic carbocycles. The topological polar surface area (TPSA) is 78.6 Å². The fourth-order valence-corrected chi connectivity index (χ4v) is 3.69. The highest BCUT2D eigenvalue weighted by Crippen LogP contribution is 2.48. The van der Waals surface area contributed by atoms with E-state index in [1.807, 2.05) is 13.8 Å². The van der Waals surface area contributed by atoms with Crippen molar-refractivity contribution in [1.29, 1.82) is 0 Å². The number of rotatable bonds is 3. The lowest BCUT2D eigenvalue weighted by Crippen LogP contribution is -2.36. The van der Waals surface area contributed by atoms with Crippen LogP contribution in [-0.4, -0.2) is 17.9 Å². The van der Waals surface area contributed by atoms with Crippen LogP contribution in [0.5, 0.6) is 0 Å². The Hall–Kier alpha value is -2.70. The molecule has 0 amide bonds. The molecular formula is C21H23F2NO4. The molecule has 0 spiro atoms. The van der Waals surface area contributed by atoms with Gasteiger partial charge in [-0.3, -0.25) is 4.79 Å². The molecule has 7 heteroatoms. The average molecular weight is 391 g/mol. The summed E-state index contributed by atoms with van der Waals surface area (Å²) in [6, 6.07) is 3.26. The Morgan fingerprint density at radius 3 is 2.54 bits per heavy atom. The van der Waals surface area contributed by atoms with Crippen LogP contribution in [0.2, 0.25) is 0 Å². The number of nitrogens with two attached hydrogens (primary N) is 1. The third-order valence-electron chi connectivity index (χ3n) is 4.79. The van der Waals surface area contributed by atoms with E-state index in [-0.39, 0.29) is 40.2 Å². The molecule has 1 aromatic carbocycles. The first-order chi connectivity index (χ1) is 13.0. The SMILES string of the molecule is CC(C)OC(=O)C1=C(N)OC2=C(C(=O)CC(C)(C)C2)[C@@H]1c1ccc(F)c(F)c1. The van der Waals surface area contributed by atoms with Crippen molar-refractivity contribution in [2.45, 2.75) is 52.6 Å². The summed E-state index contributed by atoms with van der Waals surface area (Å²) in [5.41, 5.74) is 6.10. The average Bonchev–Trinajstić information content (AvgIpc) is 2.54. The zero-order chi connectivity index (χ0) is 20.8. The summed E-state index contributed by atoms with van der Waals surface area (Å²) in [5, 5.41) is 0. The molecule has 0 fully saturated rings. The van der Waals surface area contributed by atoms with Crippen LogP contribution in [0.4, 0.5) is 8.78 Å². The maximum atomic E-state index is 13.9. The number of allylic oxidation sites excluding steroid dienone is 2. The molecule has 1 atom stereocenters. The smallest absolute Gasteiger partial charge is 0.340 e. The number of carbonyl (C=O) groups is 2. The maximum Gasteiger partial charge on any atom is 0.340 e. The molecule has 1 heterocycles. The fourth-order valence-electron chi connectivity index (χ4n) is 3.69. The van der Waals surface area contributed by atoms with Gasteiger partial charge < -0.3 is 15.2 Å². The Labute approximate surface area is 162 Å². The Morgan fingerprint density at radius 1 is 1.25 bits per heavy atom. The number of ketones is 1. The Kier molecular flexibility index (Phi) is 5.04. The summed E-state index contributed by atoms with van der Waals surface area (Å²) >= 11 is 0. The largest absolute Gasteiger partial charge is 0.459 e. The van der Waals surface area contributed by atoms with Crippen LogP contribution in [-0.2, 0) is 19.1 Å². The van der Waals surface area contributed by atoms with E-state index in [1.54, 1.807) is 13.8 Å². The van der Waals surface area contributed by atoms with Crippen molar-refractivity contribution in [3.05, 3.63) is 58.2 Å². The van der Waals surface area contributed by atoms with E-state index < -0.39 is 29.6 Å². The molecule has 2 N–H and O–H groups in total. The van der Waals surface area contributed by atoms with E-state index >= 15 is 0 Å². The second kappa shape index (κ2) is 7.04. The third kappa shape index (κ3) is 3.66. The highest BCUT2D eigenvalue weighted by atomic mass is 19.2. The van der Waals surface area contributed by atoms with Crippen molar-refractivity contribution in [2.75, 3.05) is 0 Å². The van der Waals surface area contributed by atoms with Crippen molar-refractivity contribution in [1.82, 2.24) is 0 Å². The Morgan fingerprint density at radius 2 is 1.93 bits per heavy atom. The lowest BCUT2D eigenvalue weighted by atomic mass is 9.70. The second-order valence-electron chi connectivity index (χ2n) is 8.22. The molecule has 1 aromatic rings. The third-order valence-corrected chi connectivity index (χ3v) is 4.79. The number of hydrogen-bond acceptors (Lipinski definition) is 5. The number of carbonyl (C=O) groups excluding carboxylic acids is 2. The van der Waals surface area contributed by atoms with E-state index in [4.69, 9.17) is 15.2 Å². The number of hydrogen-bond donors (Lipinski definition) is 1. The van der Waals surface area contributed by atoms with Gasteiger partial charge in [0.05, 0.1) is 12.0 Å². The van der Waals surface area contributed by atoms with Gasteiger partial charge >= 0.3 is 5.97 Å². The van der Waals surface area contributed by atoms with Gasteiger partial charge in [-0.15, -0.1) is 0 Å². The Balaban J connectivity index is 2.19. The zero-order valence-electron chi connectivity index (χ0n) is 16.3. The number of esters is 1. The first kappa shape index (κ1) is 20.0. The normalized spacial score (nSPS) is 21.5. The van der Waals surface area contributed by atoms with E-state index in [1.165, 1.54) is 6.07 Å². The first-order valence-corrected chi connectivity index (χ1v) is 9.10. The van der Waals surface area contributed by atoms with Crippen LogP contribution >= 0.6 is 0 Å². The van der Waals surface area contributed by atoms with Crippen molar-refractivity contribution >= 4 is 11.8 Å². The molecule has 5 nitrogen and oxygen atoms in total. The van der Waals surface area contributed by atoms with Crippen LogP contribution in [0.1, 0.15) is 52.0 Å². The van der Waals surface area contributed by atoms with Gasteiger partial charge in [-0.25, -0.2) is 13.6 Å². The molecule has 0 saturated carbocycles. The molecule has 0 aromatic heterocycles. The van der Waals surface area contributed by atoms with Crippen molar-refractivity contribution in [2.24, 2.45) is 11.1 Å². The molecule has 1 aliphatic heterocycles. The number of ether oxygens (including phenoxy) is 2. The van der Waals surface area contributed by atoms with Gasteiger partial charge in [0.1, 0.15) is 11.3 Å². The zero-order valence-corrected chi connectivity index (χ0v) is 16.3. The van der Waals surface area contributed by atoms with Gasteiger partial charge in [0, 0.05) is 18.4 Å². The van der Waals surface area contributed by atoms with Gasteiger partial charge in [-0.05, 0) is 37.0 Å². The highest BCUT2D eigenvalue weighted by molar-refractivity contribution is 6.03. The second-order valence-corrected chi connectivity index (χ2v) is 8.22. The van der Waals surface area contributed by atoms with Gasteiger partial charge in [0.15, 0.2) is 17.4 Å². The predicted octanol–water partition coefficient (Wildman–Crippen LogP) is 3.84. The van der Waals surface area contributed by atoms with Gasteiger partial charge in [-0.2, -0.15) is 0 Å². The van der Waals surface area contributed by atoms with Gasteiger partial charge in [0.2, 0.25) is 5.88 Å². The quantitative estimate of drug-likeness (QED) is 0.792. The summed E-state index contributed by atoms with van der Waals surface area (Å²) < 4.78 is 38.3. The molecule has 2 aliphatic rings. The van der Waals surface area contributed by atoms with Crippen molar-refractivity contribution in [3.8, 4) is 0 Å². The molecular weight excluding hydrogens is 368 g/mol. The molecule has 150 valence electrons. The van der Waals surface area contributed by atoms with E-state index in [9.17, 15) is 18.4 Å². The summed E-state index contributed by atoms with van der Waals surface area (Å²) in [4.78, 5) is 25.7. The fraction of sp³-hybridized carbons (Fsp3) is 0.429. The minimum absolute atomic E-state index is 0.0773. The molecule has 3 rings (SSSR count). The van der Waals surface area contributed by atoms with Crippen LogP contribution < -0.4 is 5.73 Å². The summed E-state index contributed by atoms with van der Waals surface area (Å²) in [5.74, 6) is -3.89. The van der Waals surface area contributed by atoms with E-state index in [2.05, 4.69) is 0 Å². The van der Waals surface area contributed by atoms with Crippen LogP contribution in [0.3, 0.4) is 0 Å². The van der Waals surface area contributed by atoms with Crippen molar-refractivity contribution < 1.29 is 27.8 Å². The van der Waals surface area contributed by atoms with Gasteiger partial charge in [-0.1, -0.05) is 19.9 Å². The molecule has 0 radical (unpaired) electrons. The van der Waals surface area contributed by atoms with Crippen LogP contribution in [0.15, 0.2) is 41.0 Å². The molecule has 28 heavy (non-hydrogen) atoms. The highest BCUT2D eigenvalue weighted by Gasteiger charge is 2.45. The lowest BCUT2D eigenvalue weighted by molar-refractivity contribution is -0.143. The first-order valence-electron chi connectivity index (χ1n) is 9.10. The monoisotopic (exact) mass is 391 g/mol. The minimum atomic E-state index is -1.08. The Bertz CT molecular complexity index is 915. The number of Topliss-reactive ketones (excluding diaryl/α,β-unsaturated/α-hetero) is 1. The predicted molar refractivity (Wildman–Crippen MR) is 97.7 cm³/mol. The molecule has 0 unspecified atom stereocenters. The molecule has 0 saturated heterocycles. The minimum Gasteiger partial charge on any atom is -0.459 e. The van der Waals surface area contributed by atoms with E-state index in [0.717, 1.165) is 12.1 Å².